The molecule has 1 atom stereocenters. The fourth-order valence-corrected chi connectivity index (χ4v) is 1.63. The molecule has 0 bridgehead atoms. The highest BCUT2D eigenvalue weighted by Crippen LogP contribution is 2.25. The molecule has 1 aliphatic rings. The van der Waals surface area contributed by atoms with E-state index >= 15 is 0 Å². The monoisotopic (exact) mass is 236 g/mol. The van der Waals surface area contributed by atoms with Crippen LogP contribution in [0.15, 0.2) is 18.2 Å². The molecular weight excluding hydrogens is 224 g/mol. The number of fused-ring (bicyclic) bond motifs is 1. The zero-order chi connectivity index (χ0) is 12.4. The summed E-state index contributed by atoms with van der Waals surface area (Å²) in [5.41, 5.74) is 1.30. The number of ether oxygens (including phenoxy) is 1. The molecule has 0 fully saturated rings. The van der Waals surface area contributed by atoms with Gasteiger partial charge in [-0.15, -0.1) is 0 Å². The fraction of sp³-hybridized carbons (Fsp3) is 0.273. The van der Waals surface area contributed by atoms with Crippen LogP contribution in [-0.4, -0.2) is 36.7 Å². The second-order valence-electron chi connectivity index (χ2n) is 3.66. The van der Waals surface area contributed by atoms with Gasteiger partial charge in [0.25, 0.3) is 5.91 Å². The molecule has 2 rings (SSSR count). The molecule has 1 unspecified atom stereocenters. The van der Waals surface area contributed by atoms with Gasteiger partial charge in [0, 0.05) is 7.11 Å². The van der Waals surface area contributed by atoms with Crippen LogP contribution in [0, 0.1) is 0 Å². The van der Waals surface area contributed by atoms with E-state index in [1.54, 1.807) is 6.07 Å². The van der Waals surface area contributed by atoms with Crippen LogP contribution in [0.2, 0.25) is 0 Å². The number of methoxy groups -OCH3 is 1. The highest BCUT2D eigenvalue weighted by molar-refractivity contribution is 6.00. The van der Waals surface area contributed by atoms with Crippen LogP contribution in [0.1, 0.15) is 10.4 Å². The second-order valence-corrected chi connectivity index (χ2v) is 3.66. The highest BCUT2D eigenvalue weighted by Gasteiger charge is 2.23. The predicted molar refractivity (Wildman–Crippen MR) is 61.3 cm³/mol. The number of carboxylic acid groups (broad SMARTS) is 1. The van der Waals surface area contributed by atoms with Gasteiger partial charge >= 0.3 is 5.97 Å². The minimum Gasteiger partial charge on any atom is -0.478 e. The van der Waals surface area contributed by atoms with Crippen molar-refractivity contribution in [3.05, 3.63) is 23.8 Å². The summed E-state index contributed by atoms with van der Waals surface area (Å²) in [6, 6.07) is 4.48. The van der Waals surface area contributed by atoms with E-state index in [9.17, 15) is 9.59 Å². The van der Waals surface area contributed by atoms with Gasteiger partial charge in [0.1, 0.15) is 0 Å². The maximum atomic E-state index is 11.6. The van der Waals surface area contributed by atoms with Gasteiger partial charge in [-0.2, -0.15) is 0 Å². The van der Waals surface area contributed by atoms with Crippen molar-refractivity contribution in [1.29, 1.82) is 0 Å². The SMILES string of the molecule is COC1CNc2cc(C(=O)O)ccc2NC1=O. The zero-order valence-electron chi connectivity index (χ0n) is 9.19. The number of carbonyl (C=O) groups is 2. The number of benzene rings is 1. The molecule has 1 aromatic carbocycles. The lowest BCUT2D eigenvalue weighted by Gasteiger charge is -2.10. The summed E-state index contributed by atoms with van der Waals surface area (Å²) in [6.07, 6.45) is -0.587. The topological polar surface area (TPSA) is 87.7 Å². The number of amides is 1. The van der Waals surface area contributed by atoms with Gasteiger partial charge in [-0.05, 0) is 18.2 Å². The Hall–Kier alpha value is -2.08. The Balaban J connectivity index is 2.33. The van der Waals surface area contributed by atoms with E-state index in [1.807, 2.05) is 0 Å². The van der Waals surface area contributed by atoms with Crippen LogP contribution in [0.25, 0.3) is 0 Å². The Morgan fingerprint density at radius 1 is 1.47 bits per heavy atom. The van der Waals surface area contributed by atoms with Crippen molar-refractivity contribution in [2.45, 2.75) is 6.10 Å². The van der Waals surface area contributed by atoms with Gasteiger partial charge in [0.05, 0.1) is 23.5 Å². The predicted octanol–water partition coefficient (Wildman–Crippen LogP) is 0.764. The van der Waals surface area contributed by atoms with Crippen molar-refractivity contribution in [2.75, 3.05) is 24.3 Å². The average molecular weight is 236 g/mol. The summed E-state index contributed by atoms with van der Waals surface area (Å²) in [7, 11) is 1.45. The number of rotatable bonds is 2. The summed E-state index contributed by atoms with van der Waals surface area (Å²) >= 11 is 0. The molecule has 0 saturated heterocycles. The molecule has 1 aliphatic heterocycles. The minimum absolute atomic E-state index is 0.168. The Morgan fingerprint density at radius 2 is 2.24 bits per heavy atom. The van der Waals surface area contributed by atoms with Gasteiger partial charge in [-0.1, -0.05) is 0 Å². The average Bonchev–Trinajstić information content (AvgIpc) is 2.46. The largest absolute Gasteiger partial charge is 0.478 e. The number of hydrogen-bond acceptors (Lipinski definition) is 4. The molecule has 1 aromatic rings. The van der Waals surface area contributed by atoms with Gasteiger partial charge < -0.3 is 20.5 Å². The second kappa shape index (κ2) is 4.42. The summed E-state index contributed by atoms with van der Waals surface area (Å²) in [4.78, 5) is 22.5. The molecule has 1 amide bonds. The van der Waals surface area contributed by atoms with Crippen LogP contribution in [-0.2, 0) is 9.53 Å². The van der Waals surface area contributed by atoms with Gasteiger partial charge in [0.15, 0.2) is 6.10 Å². The number of nitrogens with one attached hydrogen (secondary N) is 2. The Morgan fingerprint density at radius 3 is 2.88 bits per heavy atom. The van der Waals surface area contributed by atoms with Crippen molar-refractivity contribution in [2.24, 2.45) is 0 Å². The van der Waals surface area contributed by atoms with E-state index < -0.39 is 12.1 Å². The Labute approximate surface area is 97.6 Å². The van der Waals surface area contributed by atoms with E-state index in [-0.39, 0.29) is 11.5 Å². The first-order valence-corrected chi connectivity index (χ1v) is 5.06. The zero-order valence-corrected chi connectivity index (χ0v) is 9.19. The quantitative estimate of drug-likeness (QED) is 0.705. The van der Waals surface area contributed by atoms with Crippen LogP contribution in [0.4, 0.5) is 11.4 Å². The van der Waals surface area contributed by atoms with Crippen LogP contribution in [0.5, 0.6) is 0 Å². The molecule has 0 aliphatic carbocycles. The first kappa shape index (κ1) is 11.4. The lowest BCUT2D eigenvalue weighted by Crippen LogP contribution is -2.32. The van der Waals surface area contributed by atoms with Gasteiger partial charge in [-0.25, -0.2) is 4.79 Å². The molecule has 0 spiro atoms. The third kappa shape index (κ3) is 2.21. The standard InChI is InChI=1S/C11H12N2O4/c1-17-9-5-12-8-4-6(11(15)16)2-3-7(8)13-10(9)14/h2-4,9,12H,5H2,1H3,(H,13,14)(H,15,16). The van der Waals surface area contributed by atoms with E-state index in [0.717, 1.165) is 0 Å². The molecule has 6 nitrogen and oxygen atoms in total. The fourth-order valence-electron chi connectivity index (χ4n) is 1.63. The van der Waals surface area contributed by atoms with Crippen LogP contribution >= 0.6 is 0 Å². The first-order valence-electron chi connectivity index (χ1n) is 5.06. The molecular formula is C11H12N2O4. The van der Waals surface area contributed by atoms with Crippen molar-refractivity contribution in [3.63, 3.8) is 0 Å². The van der Waals surface area contributed by atoms with Gasteiger partial charge in [-0.3, -0.25) is 4.79 Å². The van der Waals surface area contributed by atoms with Crippen LogP contribution in [0.3, 0.4) is 0 Å². The first-order chi connectivity index (χ1) is 8.11. The number of hydrogen-bond donors (Lipinski definition) is 3. The van der Waals surface area contributed by atoms with Crippen molar-refractivity contribution >= 4 is 23.3 Å². The smallest absolute Gasteiger partial charge is 0.335 e. The van der Waals surface area contributed by atoms with E-state index in [0.29, 0.717) is 17.9 Å². The molecule has 1 heterocycles. The minimum atomic E-state index is -1.01. The molecule has 3 N–H and O–H groups in total. The van der Waals surface area contributed by atoms with E-state index in [1.165, 1.54) is 19.2 Å². The van der Waals surface area contributed by atoms with E-state index in [2.05, 4.69) is 10.6 Å². The van der Waals surface area contributed by atoms with Gasteiger partial charge in [0.2, 0.25) is 0 Å². The third-order valence-electron chi connectivity index (χ3n) is 2.58. The number of aromatic carboxylic acids is 1. The Bertz CT molecular complexity index is 473. The molecule has 0 radical (unpaired) electrons. The van der Waals surface area contributed by atoms with Crippen molar-refractivity contribution in [1.82, 2.24) is 0 Å². The molecule has 6 heteroatoms. The Kier molecular flexibility index (Phi) is 2.97. The number of carboxylic acids is 1. The normalized spacial score (nSPS) is 18.6. The summed E-state index contributed by atoms with van der Waals surface area (Å²) in [6.45, 7) is 0.304. The summed E-state index contributed by atoms with van der Waals surface area (Å²) < 4.78 is 5.00. The summed E-state index contributed by atoms with van der Waals surface area (Å²) in [5, 5.41) is 14.5. The highest BCUT2D eigenvalue weighted by atomic mass is 16.5. The lowest BCUT2D eigenvalue weighted by molar-refractivity contribution is -0.124. The maximum Gasteiger partial charge on any atom is 0.335 e. The summed E-state index contributed by atoms with van der Waals surface area (Å²) in [5.74, 6) is -1.25. The van der Waals surface area contributed by atoms with E-state index in [4.69, 9.17) is 9.84 Å². The lowest BCUT2D eigenvalue weighted by atomic mass is 10.1. The molecule has 17 heavy (non-hydrogen) atoms. The number of carbonyl (C=O) groups excluding carboxylic acids is 1. The van der Waals surface area contributed by atoms with Crippen molar-refractivity contribution < 1.29 is 19.4 Å². The molecule has 0 saturated carbocycles. The van der Waals surface area contributed by atoms with Crippen LogP contribution < -0.4 is 10.6 Å². The van der Waals surface area contributed by atoms with Crippen molar-refractivity contribution in [3.8, 4) is 0 Å². The number of anilines is 2. The molecule has 0 aromatic heterocycles. The molecule has 90 valence electrons. The maximum absolute atomic E-state index is 11.6. The third-order valence-corrected chi connectivity index (χ3v) is 2.58.